The molecule has 4 rings (SSSR count). The van der Waals surface area contributed by atoms with E-state index in [4.69, 9.17) is 30.5 Å². The maximum absolute atomic E-state index is 12.5. The van der Waals surface area contributed by atoms with Gasteiger partial charge < -0.3 is 24.3 Å². The highest BCUT2D eigenvalue weighted by Gasteiger charge is 2.22. The predicted molar refractivity (Wildman–Crippen MR) is 90.7 cm³/mol. The van der Waals surface area contributed by atoms with E-state index in [2.05, 4.69) is 21.2 Å². The molecule has 8 heteroatoms. The standard InChI is InChI=1S/C16H11BrClNO5/c17-9-5-12-13(22-2-1-21-12)6-11(9)19-16(20)8-3-10(18)15-14(4-8)23-7-24-15/h3-6H,1-2,7H2,(H,19,20). The molecule has 0 unspecified atom stereocenters. The Morgan fingerprint density at radius 3 is 2.54 bits per heavy atom. The van der Waals surface area contributed by atoms with Gasteiger partial charge in [0.15, 0.2) is 23.0 Å². The summed E-state index contributed by atoms with van der Waals surface area (Å²) in [6.45, 7) is 1.06. The van der Waals surface area contributed by atoms with Gasteiger partial charge in [-0.15, -0.1) is 0 Å². The molecular weight excluding hydrogens is 402 g/mol. The van der Waals surface area contributed by atoms with Crippen molar-refractivity contribution >= 4 is 39.1 Å². The maximum Gasteiger partial charge on any atom is 0.255 e. The number of ether oxygens (including phenoxy) is 4. The van der Waals surface area contributed by atoms with Crippen LogP contribution < -0.4 is 24.3 Å². The minimum Gasteiger partial charge on any atom is -0.486 e. The van der Waals surface area contributed by atoms with Crippen LogP contribution in [0.25, 0.3) is 0 Å². The van der Waals surface area contributed by atoms with Crippen LogP contribution in [0.3, 0.4) is 0 Å². The van der Waals surface area contributed by atoms with E-state index in [0.717, 1.165) is 0 Å². The number of hydrogen-bond acceptors (Lipinski definition) is 5. The number of fused-ring (bicyclic) bond motifs is 2. The number of anilines is 1. The highest BCUT2D eigenvalue weighted by molar-refractivity contribution is 9.10. The lowest BCUT2D eigenvalue weighted by Gasteiger charge is -2.20. The zero-order valence-electron chi connectivity index (χ0n) is 12.2. The van der Waals surface area contributed by atoms with E-state index in [1.807, 2.05) is 0 Å². The molecule has 2 aliphatic rings. The van der Waals surface area contributed by atoms with Crippen molar-refractivity contribution < 1.29 is 23.7 Å². The van der Waals surface area contributed by atoms with E-state index < -0.39 is 0 Å². The van der Waals surface area contributed by atoms with Crippen LogP contribution in [0, 0.1) is 0 Å². The number of hydrogen-bond donors (Lipinski definition) is 1. The maximum atomic E-state index is 12.5. The number of carbonyl (C=O) groups is 1. The molecule has 24 heavy (non-hydrogen) atoms. The zero-order valence-corrected chi connectivity index (χ0v) is 14.6. The minimum absolute atomic E-state index is 0.0911. The minimum atomic E-state index is -0.326. The molecule has 0 aliphatic carbocycles. The van der Waals surface area contributed by atoms with Gasteiger partial charge in [0.25, 0.3) is 5.91 Å². The molecule has 0 radical (unpaired) electrons. The average Bonchev–Trinajstić information content (AvgIpc) is 3.04. The summed E-state index contributed by atoms with van der Waals surface area (Å²) in [5.74, 6) is 1.80. The normalized spacial score (nSPS) is 14.4. The number of amides is 1. The lowest BCUT2D eigenvalue weighted by molar-refractivity contribution is 0.102. The highest BCUT2D eigenvalue weighted by Crippen LogP contribution is 2.41. The zero-order chi connectivity index (χ0) is 16.7. The number of halogens is 2. The van der Waals surface area contributed by atoms with Gasteiger partial charge in [-0.1, -0.05) is 11.6 Å². The van der Waals surface area contributed by atoms with Crippen LogP contribution >= 0.6 is 27.5 Å². The Kier molecular flexibility index (Phi) is 3.90. The molecule has 1 N–H and O–H groups in total. The summed E-state index contributed by atoms with van der Waals surface area (Å²) in [6, 6.07) is 6.60. The van der Waals surface area contributed by atoms with Gasteiger partial charge in [-0.05, 0) is 28.1 Å². The van der Waals surface area contributed by atoms with Gasteiger partial charge in [0.2, 0.25) is 6.79 Å². The van der Waals surface area contributed by atoms with Crippen LogP contribution in [0.2, 0.25) is 5.02 Å². The Hall–Kier alpha value is -2.12. The summed E-state index contributed by atoms with van der Waals surface area (Å²) in [4.78, 5) is 12.5. The van der Waals surface area contributed by atoms with Crippen molar-refractivity contribution in [3.8, 4) is 23.0 Å². The summed E-state index contributed by atoms with van der Waals surface area (Å²) in [5, 5.41) is 3.15. The lowest BCUT2D eigenvalue weighted by atomic mass is 10.1. The third-order valence-corrected chi connectivity index (χ3v) is 4.51. The van der Waals surface area contributed by atoms with Crippen molar-refractivity contribution in [2.24, 2.45) is 0 Å². The molecule has 124 valence electrons. The van der Waals surface area contributed by atoms with Gasteiger partial charge in [-0.2, -0.15) is 0 Å². The predicted octanol–water partition coefficient (Wildman–Crippen LogP) is 3.85. The molecule has 0 fully saturated rings. The van der Waals surface area contributed by atoms with Gasteiger partial charge in [0, 0.05) is 22.2 Å². The van der Waals surface area contributed by atoms with Crippen LogP contribution in [0.15, 0.2) is 28.7 Å². The van der Waals surface area contributed by atoms with Crippen molar-refractivity contribution in [1.29, 1.82) is 0 Å². The van der Waals surface area contributed by atoms with E-state index in [1.54, 1.807) is 18.2 Å². The van der Waals surface area contributed by atoms with Crippen LogP contribution in [0.4, 0.5) is 5.69 Å². The Balaban J connectivity index is 1.62. The largest absolute Gasteiger partial charge is 0.486 e. The van der Waals surface area contributed by atoms with Crippen molar-refractivity contribution in [2.45, 2.75) is 0 Å². The topological polar surface area (TPSA) is 66.0 Å². The fourth-order valence-electron chi connectivity index (χ4n) is 2.45. The molecule has 0 atom stereocenters. The third-order valence-electron chi connectivity index (χ3n) is 3.57. The van der Waals surface area contributed by atoms with Crippen LogP contribution in [0.1, 0.15) is 10.4 Å². The molecule has 0 bridgehead atoms. The number of rotatable bonds is 2. The molecule has 0 spiro atoms. The van der Waals surface area contributed by atoms with Gasteiger partial charge in [-0.3, -0.25) is 4.79 Å². The van der Waals surface area contributed by atoms with E-state index in [1.165, 1.54) is 6.07 Å². The first-order valence-corrected chi connectivity index (χ1v) is 8.28. The van der Waals surface area contributed by atoms with E-state index >= 15 is 0 Å². The van der Waals surface area contributed by atoms with Crippen LogP contribution in [0.5, 0.6) is 23.0 Å². The van der Waals surface area contributed by atoms with Crippen molar-refractivity contribution in [2.75, 3.05) is 25.3 Å². The second kappa shape index (κ2) is 6.07. The van der Waals surface area contributed by atoms with Crippen LogP contribution in [-0.2, 0) is 0 Å². The molecular formula is C16H11BrClNO5. The number of benzene rings is 2. The first-order valence-electron chi connectivity index (χ1n) is 7.11. The quantitative estimate of drug-likeness (QED) is 0.811. The van der Waals surface area contributed by atoms with Crippen LogP contribution in [-0.4, -0.2) is 25.9 Å². The lowest BCUT2D eigenvalue weighted by Crippen LogP contribution is -2.17. The monoisotopic (exact) mass is 411 g/mol. The van der Waals surface area contributed by atoms with Gasteiger partial charge >= 0.3 is 0 Å². The second-order valence-corrected chi connectivity index (χ2v) is 6.38. The number of nitrogens with one attached hydrogen (secondary N) is 1. The first-order chi connectivity index (χ1) is 11.6. The molecule has 1 amide bonds. The number of carbonyl (C=O) groups excluding carboxylic acids is 1. The Morgan fingerprint density at radius 1 is 1.00 bits per heavy atom. The summed E-state index contributed by atoms with van der Waals surface area (Å²) >= 11 is 9.54. The Bertz CT molecular complexity index is 842. The Morgan fingerprint density at radius 2 is 1.75 bits per heavy atom. The summed E-state index contributed by atoms with van der Waals surface area (Å²) in [6.07, 6.45) is 0. The highest BCUT2D eigenvalue weighted by atomic mass is 79.9. The first kappa shape index (κ1) is 15.4. The molecule has 6 nitrogen and oxygen atoms in total. The molecule has 0 saturated heterocycles. The molecule has 2 aromatic carbocycles. The summed E-state index contributed by atoms with van der Waals surface area (Å²) in [5.41, 5.74) is 0.934. The molecule has 2 aromatic rings. The second-order valence-electron chi connectivity index (χ2n) is 5.12. The van der Waals surface area contributed by atoms with E-state index in [0.29, 0.717) is 57.0 Å². The third kappa shape index (κ3) is 2.74. The van der Waals surface area contributed by atoms with Crippen molar-refractivity contribution in [1.82, 2.24) is 0 Å². The average molecular weight is 413 g/mol. The molecule has 0 saturated carbocycles. The summed E-state index contributed by atoms with van der Waals surface area (Å²) in [7, 11) is 0. The van der Waals surface area contributed by atoms with E-state index in [9.17, 15) is 4.79 Å². The van der Waals surface area contributed by atoms with Gasteiger partial charge in [0.05, 0.1) is 10.7 Å². The fraction of sp³-hybridized carbons (Fsp3) is 0.188. The molecule has 2 heterocycles. The molecule has 2 aliphatic heterocycles. The van der Waals surface area contributed by atoms with Crippen molar-refractivity contribution in [3.05, 3.63) is 39.3 Å². The van der Waals surface area contributed by atoms with E-state index in [-0.39, 0.29) is 12.7 Å². The van der Waals surface area contributed by atoms with Gasteiger partial charge in [-0.25, -0.2) is 0 Å². The van der Waals surface area contributed by atoms with Crippen molar-refractivity contribution in [3.63, 3.8) is 0 Å². The van der Waals surface area contributed by atoms with Gasteiger partial charge in [0.1, 0.15) is 13.2 Å². The fourth-order valence-corrected chi connectivity index (χ4v) is 3.14. The smallest absolute Gasteiger partial charge is 0.255 e. The SMILES string of the molecule is O=C(Nc1cc2c(cc1Br)OCCO2)c1cc(Cl)c2c(c1)OCO2. The Labute approximate surface area is 150 Å². The summed E-state index contributed by atoms with van der Waals surface area (Å²) < 4.78 is 22.2. The molecule has 0 aromatic heterocycles.